The molecule has 2 heterocycles. The van der Waals surface area contributed by atoms with E-state index in [0.29, 0.717) is 23.1 Å². The number of aromatic nitrogens is 3. The van der Waals surface area contributed by atoms with Crippen LogP contribution in [0.5, 0.6) is 0 Å². The van der Waals surface area contributed by atoms with Gasteiger partial charge in [0.1, 0.15) is 6.04 Å². The van der Waals surface area contributed by atoms with Gasteiger partial charge in [0.15, 0.2) is 0 Å². The number of esters is 1. The van der Waals surface area contributed by atoms with Crippen molar-refractivity contribution in [3.63, 3.8) is 0 Å². The zero-order valence-corrected chi connectivity index (χ0v) is 28.3. The van der Waals surface area contributed by atoms with Crippen LogP contribution < -0.4 is 10.6 Å². The molecule has 5 aliphatic rings. The number of quaternary nitrogens is 1. The summed E-state index contributed by atoms with van der Waals surface area (Å²) in [5, 5.41) is 16.5. The molecular formula is C37H42F3N6O3+. The number of nitriles is 1. The molecule has 2 aromatic carbocycles. The largest absolute Gasteiger partial charge is 0.466 e. The quantitative estimate of drug-likeness (QED) is 0.213. The first kappa shape index (κ1) is 33.1. The van der Waals surface area contributed by atoms with Gasteiger partial charge in [0, 0.05) is 37.1 Å². The fourth-order valence-corrected chi connectivity index (χ4v) is 9.95. The first-order valence-corrected chi connectivity index (χ1v) is 17.0. The number of hydrogen-bond acceptors (Lipinski definition) is 6. The Morgan fingerprint density at radius 1 is 1.10 bits per heavy atom. The van der Waals surface area contributed by atoms with Crippen molar-refractivity contribution < 1.29 is 27.2 Å². The third-order valence-electron chi connectivity index (χ3n) is 12.0. The lowest BCUT2D eigenvalue weighted by atomic mass is 9.52. The molecule has 1 aliphatic heterocycles. The second-order valence-electron chi connectivity index (χ2n) is 15.2. The van der Waals surface area contributed by atoms with E-state index >= 15 is 0 Å². The Morgan fingerprint density at radius 2 is 1.78 bits per heavy atom. The van der Waals surface area contributed by atoms with Gasteiger partial charge in [0.2, 0.25) is 5.95 Å². The van der Waals surface area contributed by atoms with Gasteiger partial charge in [-0.25, -0.2) is 19.3 Å². The van der Waals surface area contributed by atoms with Gasteiger partial charge in [-0.05, 0) is 91.8 Å². The third kappa shape index (κ3) is 5.56. The Bertz CT molecular complexity index is 1900. The van der Waals surface area contributed by atoms with E-state index < -0.39 is 29.4 Å². The summed E-state index contributed by atoms with van der Waals surface area (Å²) in [6.45, 7) is 2.54. The van der Waals surface area contributed by atoms with Crippen LogP contribution in [0.15, 0.2) is 58.5 Å². The molecule has 4 aliphatic carbocycles. The number of fused-ring (bicyclic) bond motifs is 1. The highest BCUT2D eigenvalue weighted by Crippen LogP contribution is 2.59. The maximum atomic E-state index is 13.7. The van der Waals surface area contributed by atoms with E-state index in [2.05, 4.69) is 30.4 Å². The highest BCUT2D eigenvalue weighted by molar-refractivity contribution is 5.93. The van der Waals surface area contributed by atoms with E-state index in [1.807, 2.05) is 6.07 Å². The van der Waals surface area contributed by atoms with E-state index in [9.17, 15) is 28.0 Å². The minimum absolute atomic E-state index is 0.0365. The molecule has 12 heteroatoms. The highest BCUT2D eigenvalue weighted by atomic mass is 19.4. The smallest absolute Gasteiger partial charge is 0.416 e. The molecule has 1 N–H and O–H groups in total. The van der Waals surface area contributed by atoms with Crippen LogP contribution in [0.1, 0.15) is 80.2 Å². The first-order valence-electron chi connectivity index (χ1n) is 17.0. The Morgan fingerprint density at radius 3 is 2.39 bits per heavy atom. The summed E-state index contributed by atoms with van der Waals surface area (Å²) in [6.07, 6.45) is 4.79. The SMILES string of the molecule is COC(=O)C1=C(C)N(c2cccc(C(F)(F)F)c2)c2n[nH]c(=O)n2[C@@H]1c1ccc(C#N)cc1CCC[N+](C)(C)C12CC3CC(CC(C3)C1)C2. The van der Waals surface area contributed by atoms with Gasteiger partial charge < -0.3 is 9.22 Å². The summed E-state index contributed by atoms with van der Waals surface area (Å²) in [4.78, 5) is 28.5. The summed E-state index contributed by atoms with van der Waals surface area (Å²) in [5.41, 5.74) is 1.12. The van der Waals surface area contributed by atoms with Gasteiger partial charge in [-0.15, -0.1) is 5.10 Å². The number of H-pyrrole nitrogens is 1. The monoisotopic (exact) mass is 675 g/mol. The number of aryl methyl sites for hydroxylation is 1. The molecular weight excluding hydrogens is 633 g/mol. The van der Waals surface area contributed by atoms with Crippen molar-refractivity contribution in [3.05, 3.63) is 86.5 Å². The molecule has 0 saturated heterocycles. The second-order valence-corrected chi connectivity index (χ2v) is 15.2. The number of alkyl halides is 3. The molecule has 0 spiro atoms. The van der Waals surface area contributed by atoms with E-state index in [0.717, 1.165) is 52.9 Å². The van der Waals surface area contributed by atoms with Gasteiger partial charge in [-0.3, -0.25) is 4.90 Å². The van der Waals surface area contributed by atoms with Gasteiger partial charge in [0.05, 0.1) is 56.1 Å². The van der Waals surface area contributed by atoms with Crippen molar-refractivity contribution >= 4 is 17.6 Å². The Labute approximate surface area is 283 Å². The number of methoxy groups -OCH3 is 1. The first-order chi connectivity index (χ1) is 23.2. The van der Waals surface area contributed by atoms with E-state index in [1.165, 1.54) is 67.2 Å². The van der Waals surface area contributed by atoms with Crippen molar-refractivity contribution in [1.29, 1.82) is 5.26 Å². The zero-order valence-electron chi connectivity index (χ0n) is 28.3. The number of nitrogens with zero attached hydrogens (tertiary/aromatic N) is 5. The fraction of sp³-hybridized carbons (Fsp3) is 0.514. The molecule has 8 rings (SSSR count). The highest BCUT2D eigenvalue weighted by Gasteiger charge is 2.58. The van der Waals surface area contributed by atoms with Crippen molar-refractivity contribution in [2.75, 3.05) is 32.6 Å². The summed E-state index contributed by atoms with van der Waals surface area (Å²) in [6, 6.07) is 11.1. The van der Waals surface area contributed by atoms with Crippen LogP contribution in [0.2, 0.25) is 0 Å². The molecule has 0 radical (unpaired) electrons. The van der Waals surface area contributed by atoms with Crippen LogP contribution in [0.4, 0.5) is 24.8 Å². The predicted molar refractivity (Wildman–Crippen MR) is 177 cm³/mol. The number of benzene rings is 2. The van der Waals surface area contributed by atoms with Crippen molar-refractivity contribution in [3.8, 4) is 6.07 Å². The topological polar surface area (TPSA) is 104 Å². The van der Waals surface area contributed by atoms with Crippen LogP contribution in [0, 0.1) is 29.1 Å². The van der Waals surface area contributed by atoms with Crippen LogP contribution in [0.25, 0.3) is 0 Å². The number of aromatic amines is 1. The summed E-state index contributed by atoms with van der Waals surface area (Å²) in [7, 11) is 5.95. The average molecular weight is 676 g/mol. The number of carbonyl (C=O) groups excluding carboxylic acids is 1. The number of carbonyl (C=O) groups is 1. The molecule has 4 saturated carbocycles. The van der Waals surface area contributed by atoms with Crippen LogP contribution >= 0.6 is 0 Å². The van der Waals surface area contributed by atoms with Gasteiger partial charge in [0.25, 0.3) is 0 Å². The summed E-state index contributed by atoms with van der Waals surface area (Å²) < 4.78 is 48.7. The van der Waals surface area contributed by atoms with Gasteiger partial charge >= 0.3 is 17.8 Å². The minimum atomic E-state index is -4.61. The van der Waals surface area contributed by atoms with E-state index in [-0.39, 0.29) is 22.9 Å². The lowest BCUT2D eigenvalue weighted by molar-refractivity contribution is -0.948. The summed E-state index contributed by atoms with van der Waals surface area (Å²) >= 11 is 0. The van der Waals surface area contributed by atoms with Gasteiger partial charge in [-0.2, -0.15) is 18.4 Å². The van der Waals surface area contributed by atoms with Crippen molar-refractivity contribution in [2.45, 2.75) is 76.0 Å². The fourth-order valence-electron chi connectivity index (χ4n) is 9.95. The molecule has 258 valence electrons. The standard InChI is InChI=1S/C37H41F3N6O3/c1-22-31(33(47)49-4)32(45-34(42-43-35(45)48)44(22)29-9-5-8-28(17-29)37(38,39)40)30-11-10-23(21-41)16-27(30)7-6-12-46(2,3)36-18-24-13-25(19-36)15-26(14-24)20-36/h5,8-11,16-17,24-26,32H,6-7,12-15,18-20H2,1-4H3/p+1/t24?,25?,26?,32-,36?/m1/s1. The normalized spacial score (nSPS) is 26.1. The van der Waals surface area contributed by atoms with E-state index in [1.54, 1.807) is 19.1 Å². The molecule has 4 fully saturated rings. The lowest BCUT2D eigenvalue weighted by Crippen LogP contribution is -2.67. The average Bonchev–Trinajstić information content (AvgIpc) is 3.43. The van der Waals surface area contributed by atoms with Crippen LogP contribution in [-0.4, -0.2) is 58.5 Å². The summed E-state index contributed by atoms with van der Waals surface area (Å²) in [5.74, 6) is 1.80. The Balaban J connectivity index is 1.27. The zero-order chi connectivity index (χ0) is 34.9. The number of allylic oxidation sites excluding steroid dienone is 1. The Kier molecular flexibility index (Phi) is 8.05. The molecule has 1 aromatic heterocycles. The molecule has 4 bridgehead atoms. The molecule has 9 nitrogen and oxygen atoms in total. The second kappa shape index (κ2) is 11.9. The third-order valence-corrected chi connectivity index (χ3v) is 12.0. The number of nitrogens with one attached hydrogen (secondary N) is 1. The number of ether oxygens (including phenoxy) is 1. The predicted octanol–water partition coefficient (Wildman–Crippen LogP) is 6.63. The lowest BCUT2D eigenvalue weighted by Gasteiger charge is -2.62. The molecule has 49 heavy (non-hydrogen) atoms. The molecule has 3 aromatic rings. The van der Waals surface area contributed by atoms with Crippen molar-refractivity contribution in [2.24, 2.45) is 17.8 Å². The maximum absolute atomic E-state index is 13.7. The van der Waals surface area contributed by atoms with Crippen LogP contribution in [-0.2, 0) is 22.1 Å². The van der Waals surface area contributed by atoms with Crippen molar-refractivity contribution in [1.82, 2.24) is 14.8 Å². The number of hydrogen-bond donors (Lipinski definition) is 1. The van der Waals surface area contributed by atoms with Crippen LogP contribution in [0.3, 0.4) is 0 Å². The van der Waals surface area contributed by atoms with Gasteiger partial charge in [-0.1, -0.05) is 12.1 Å². The van der Waals surface area contributed by atoms with E-state index in [4.69, 9.17) is 4.74 Å². The molecule has 0 unspecified atom stereocenters. The molecule has 1 atom stereocenters. The number of rotatable bonds is 8. The molecule has 0 amide bonds. The number of halogens is 3. The number of anilines is 2. The Hall–Kier alpha value is -4.37. The minimum Gasteiger partial charge on any atom is -0.466 e. The maximum Gasteiger partial charge on any atom is 0.416 e.